The van der Waals surface area contributed by atoms with Gasteiger partial charge in [-0.05, 0) is 24.6 Å². The predicted octanol–water partition coefficient (Wildman–Crippen LogP) is 2.67. The second kappa shape index (κ2) is 4.64. The molecule has 0 saturated heterocycles. The molecule has 2 heterocycles. The Bertz CT molecular complexity index is 692. The van der Waals surface area contributed by atoms with E-state index >= 15 is 0 Å². The average Bonchev–Trinajstić information content (AvgIpc) is 2.89. The molecule has 3 aromatic rings. The fraction of sp³-hybridized carbons (Fsp3) is 0.154. The highest BCUT2D eigenvalue weighted by Gasteiger charge is 2.10. The van der Waals surface area contributed by atoms with Crippen LogP contribution in [0.15, 0.2) is 36.8 Å². The number of halogens is 1. The van der Waals surface area contributed by atoms with E-state index < -0.39 is 0 Å². The van der Waals surface area contributed by atoms with Crippen molar-refractivity contribution in [2.75, 3.05) is 5.32 Å². The fourth-order valence-electron chi connectivity index (χ4n) is 1.92. The first-order chi connectivity index (χ1) is 9.24. The van der Waals surface area contributed by atoms with Crippen molar-refractivity contribution in [3.63, 3.8) is 0 Å². The van der Waals surface area contributed by atoms with Gasteiger partial charge in [-0.1, -0.05) is 12.1 Å². The van der Waals surface area contributed by atoms with Crippen LogP contribution in [-0.4, -0.2) is 20.2 Å². The third-order valence-electron chi connectivity index (χ3n) is 2.97. The summed E-state index contributed by atoms with van der Waals surface area (Å²) in [4.78, 5) is 8.28. The number of benzene rings is 1. The van der Waals surface area contributed by atoms with Crippen molar-refractivity contribution in [1.29, 1.82) is 0 Å². The van der Waals surface area contributed by atoms with Crippen LogP contribution in [0.5, 0.6) is 0 Å². The number of nitrogens with one attached hydrogen (secondary N) is 2. The first-order valence-corrected chi connectivity index (χ1v) is 5.90. The second-order valence-electron chi connectivity index (χ2n) is 4.27. The van der Waals surface area contributed by atoms with Crippen molar-refractivity contribution in [2.24, 2.45) is 0 Å². The van der Waals surface area contributed by atoms with Crippen molar-refractivity contribution >= 4 is 16.9 Å². The molecule has 0 radical (unpaired) electrons. The van der Waals surface area contributed by atoms with Crippen LogP contribution in [0.1, 0.15) is 18.5 Å². The van der Waals surface area contributed by atoms with Crippen LogP contribution >= 0.6 is 0 Å². The molecule has 0 amide bonds. The largest absolute Gasteiger partial charge is 0.363 e. The Hall–Kier alpha value is -2.50. The Labute approximate surface area is 108 Å². The zero-order valence-corrected chi connectivity index (χ0v) is 10.3. The van der Waals surface area contributed by atoms with Crippen LogP contribution in [0.2, 0.25) is 0 Å². The van der Waals surface area contributed by atoms with E-state index in [9.17, 15) is 4.39 Å². The van der Waals surface area contributed by atoms with Crippen molar-refractivity contribution in [3.8, 4) is 0 Å². The summed E-state index contributed by atoms with van der Waals surface area (Å²) in [5.41, 5.74) is 1.67. The summed E-state index contributed by atoms with van der Waals surface area (Å²) in [5, 5.41) is 10.8. The van der Waals surface area contributed by atoms with E-state index in [1.165, 1.54) is 18.5 Å². The van der Waals surface area contributed by atoms with Gasteiger partial charge in [-0.3, -0.25) is 5.10 Å². The van der Waals surface area contributed by atoms with E-state index in [-0.39, 0.29) is 11.9 Å². The molecule has 19 heavy (non-hydrogen) atoms. The number of aromatic amines is 1. The number of rotatable bonds is 3. The predicted molar refractivity (Wildman–Crippen MR) is 70.1 cm³/mol. The summed E-state index contributed by atoms with van der Waals surface area (Å²) < 4.78 is 12.9. The molecule has 0 bridgehead atoms. The zero-order chi connectivity index (χ0) is 13.2. The van der Waals surface area contributed by atoms with Gasteiger partial charge in [0, 0.05) is 6.04 Å². The highest BCUT2D eigenvalue weighted by Crippen LogP contribution is 2.22. The molecule has 0 fully saturated rings. The van der Waals surface area contributed by atoms with Crippen LogP contribution in [0.4, 0.5) is 10.2 Å². The molecule has 1 atom stereocenters. The lowest BCUT2D eigenvalue weighted by Gasteiger charge is -2.15. The van der Waals surface area contributed by atoms with Gasteiger partial charge in [-0.25, -0.2) is 14.4 Å². The normalized spacial score (nSPS) is 12.5. The molecule has 0 aliphatic rings. The maximum Gasteiger partial charge on any atom is 0.160 e. The number of hydrogen-bond donors (Lipinski definition) is 2. The maximum absolute atomic E-state index is 12.9. The second-order valence-corrected chi connectivity index (χ2v) is 4.27. The van der Waals surface area contributed by atoms with E-state index in [4.69, 9.17) is 0 Å². The SMILES string of the molecule is C[C@H](Nc1ncnc2[nH]ncc12)c1ccc(F)cc1. The molecule has 1 aromatic carbocycles. The number of hydrogen-bond acceptors (Lipinski definition) is 4. The Balaban J connectivity index is 1.88. The van der Waals surface area contributed by atoms with Gasteiger partial charge in [0.1, 0.15) is 18.0 Å². The highest BCUT2D eigenvalue weighted by molar-refractivity contribution is 5.85. The lowest BCUT2D eigenvalue weighted by molar-refractivity contribution is 0.626. The minimum absolute atomic E-state index is 0.00796. The number of aromatic nitrogens is 4. The Morgan fingerprint density at radius 2 is 2.00 bits per heavy atom. The molecule has 0 aliphatic carbocycles. The molecular formula is C13H12FN5. The van der Waals surface area contributed by atoms with Crippen LogP contribution < -0.4 is 5.32 Å². The number of anilines is 1. The molecule has 0 spiro atoms. The summed E-state index contributed by atoms with van der Waals surface area (Å²) in [7, 11) is 0. The van der Waals surface area contributed by atoms with E-state index in [1.807, 2.05) is 6.92 Å². The van der Waals surface area contributed by atoms with E-state index in [0.29, 0.717) is 11.5 Å². The number of H-pyrrole nitrogens is 1. The lowest BCUT2D eigenvalue weighted by Crippen LogP contribution is -2.08. The molecule has 2 N–H and O–H groups in total. The van der Waals surface area contributed by atoms with Gasteiger partial charge in [0.15, 0.2) is 5.65 Å². The maximum atomic E-state index is 12.9. The van der Waals surface area contributed by atoms with Crippen molar-refractivity contribution in [3.05, 3.63) is 48.2 Å². The summed E-state index contributed by atoms with van der Waals surface area (Å²) in [6.07, 6.45) is 3.15. The topological polar surface area (TPSA) is 66.5 Å². The van der Waals surface area contributed by atoms with Gasteiger partial charge in [0.25, 0.3) is 0 Å². The minimum Gasteiger partial charge on any atom is -0.363 e. The molecule has 0 aliphatic heterocycles. The van der Waals surface area contributed by atoms with Gasteiger partial charge >= 0.3 is 0 Å². The summed E-state index contributed by atoms with van der Waals surface area (Å²) in [6.45, 7) is 1.99. The van der Waals surface area contributed by atoms with Gasteiger partial charge in [0.05, 0.1) is 11.6 Å². The van der Waals surface area contributed by atoms with E-state index in [2.05, 4.69) is 25.5 Å². The minimum atomic E-state index is -0.241. The molecule has 3 rings (SSSR count). The summed E-state index contributed by atoms with van der Waals surface area (Å²) >= 11 is 0. The first kappa shape index (κ1) is 11.6. The molecule has 2 aromatic heterocycles. The van der Waals surface area contributed by atoms with Crippen LogP contribution in [-0.2, 0) is 0 Å². The van der Waals surface area contributed by atoms with Crippen LogP contribution in [0.3, 0.4) is 0 Å². The summed E-state index contributed by atoms with van der Waals surface area (Å²) in [5.74, 6) is 0.464. The molecule has 6 heteroatoms. The van der Waals surface area contributed by atoms with E-state index in [0.717, 1.165) is 10.9 Å². The third kappa shape index (κ3) is 2.24. The Morgan fingerprint density at radius 1 is 1.21 bits per heavy atom. The Kier molecular flexibility index (Phi) is 2.83. The van der Waals surface area contributed by atoms with Gasteiger partial charge in [-0.2, -0.15) is 5.10 Å². The van der Waals surface area contributed by atoms with Crippen molar-refractivity contribution in [2.45, 2.75) is 13.0 Å². The first-order valence-electron chi connectivity index (χ1n) is 5.90. The molecule has 0 unspecified atom stereocenters. The smallest absolute Gasteiger partial charge is 0.160 e. The van der Waals surface area contributed by atoms with Crippen molar-refractivity contribution < 1.29 is 4.39 Å². The monoisotopic (exact) mass is 257 g/mol. The molecule has 96 valence electrons. The molecular weight excluding hydrogens is 245 g/mol. The average molecular weight is 257 g/mol. The van der Waals surface area contributed by atoms with Crippen molar-refractivity contribution in [1.82, 2.24) is 20.2 Å². The quantitative estimate of drug-likeness (QED) is 0.757. The van der Waals surface area contributed by atoms with Gasteiger partial charge < -0.3 is 5.32 Å². The highest BCUT2D eigenvalue weighted by atomic mass is 19.1. The number of nitrogens with zero attached hydrogens (tertiary/aromatic N) is 3. The van der Waals surface area contributed by atoms with E-state index in [1.54, 1.807) is 18.3 Å². The lowest BCUT2D eigenvalue weighted by atomic mass is 10.1. The molecule has 5 nitrogen and oxygen atoms in total. The fourth-order valence-corrected chi connectivity index (χ4v) is 1.92. The summed E-state index contributed by atoms with van der Waals surface area (Å²) in [6, 6.07) is 6.40. The standard InChI is InChI=1S/C13H12FN5/c1-8(9-2-4-10(14)5-3-9)18-12-11-6-17-19-13(11)16-7-15-12/h2-8H,1H3,(H2,15,16,17,18,19)/t8-/m0/s1. The third-order valence-corrected chi connectivity index (χ3v) is 2.97. The molecule has 0 saturated carbocycles. The van der Waals surface area contributed by atoms with Gasteiger partial charge in [0.2, 0.25) is 0 Å². The van der Waals surface area contributed by atoms with Crippen LogP contribution in [0.25, 0.3) is 11.0 Å². The Morgan fingerprint density at radius 3 is 2.79 bits per heavy atom. The number of fused-ring (bicyclic) bond motifs is 1. The zero-order valence-electron chi connectivity index (χ0n) is 10.3. The van der Waals surface area contributed by atoms with Gasteiger partial charge in [-0.15, -0.1) is 0 Å². The van der Waals surface area contributed by atoms with Crippen LogP contribution in [0, 0.1) is 5.82 Å².